The van der Waals surface area contributed by atoms with E-state index in [2.05, 4.69) is 9.82 Å². The SMILES string of the molecule is O=S(=O)(NCc1cnn2ccccc12)c1c(F)cccc1F. The van der Waals surface area contributed by atoms with Gasteiger partial charge in [0.25, 0.3) is 0 Å². The Labute approximate surface area is 125 Å². The van der Waals surface area contributed by atoms with Gasteiger partial charge in [-0.15, -0.1) is 0 Å². The number of hydrogen-bond donors (Lipinski definition) is 1. The minimum Gasteiger partial charge on any atom is -0.241 e. The minimum atomic E-state index is -4.30. The quantitative estimate of drug-likeness (QED) is 0.800. The molecule has 0 saturated heterocycles. The highest BCUT2D eigenvalue weighted by Gasteiger charge is 2.23. The molecule has 0 spiro atoms. The number of nitrogens with zero attached hydrogens (tertiary/aromatic N) is 2. The fourth-order valence-electron chi connectivity index (χ4n) is 2.11. The smallest absolute Gasteiger partial charge is 0.241 e. The maximum Gasteiger partial charge on any atom is 0.246 e. The molecule has 0 saturated carbocycles. The Morgan fingerprint density at radius 3 is 2.55 bits per heavy atom. The molecule has 0 atom stereocenters. The van der Waals surface area contributed by atoms with E-state index in [-0.39, 0.29) is 6.54 Å². The summed E-state index contributed by atoms with van der Waals surface area (Å²) in [7, 11) is -4.30. The zero-order chi connectivity index (χ0) is 15.7. The Bertz CT molecular complexity index is 918. The molecule has 0 aliphatic rings. The molecule has 0 fully saturated rings. The lowest BCUT2D eigenvalue weighted by atomic mass is 10.3. The number of nitrogens with one attached hydrogen (secondary N) is 1. The second-order valence-electron chi connectivity index (χ2n) is 4.58. The first-order chi connectivity index (χ1) is 10.5. The molecule has 2 heterocycles. The van der Waals surface area contributed by atoms with Gasteiger partial charge in [0.2, 0.25) is 10.0 Å². The maximum atomic E-state index is 13.6. The molecular formula is C14H11F2N3O2S. The number of pyridine rings is 1. The molecule has 0 amide bonds. The van der Waals surface area contributed by atoms with Crippen molar-refractivity contribution in [1.82, 2.24) is 14.3 Å². The zero-order valence-corrected chi connectivity index (χ0v) is 12.0. The van der Waals surface area contributed by atoms with Crippen molar-refractivity contribution in [3.05, 3.63) is 66.0 Å². The molecule has 3 rings (SSSR count). The lowest BCUT2D eigenvalue weighted by Crippen LogP contribution is -2.25. The molecule has 1 N–H and O–H groups in total. The van der Waals surface area contributed by atoms with Crippen molar-refractivity contribution in [2.45, 2.75) is 11.4 Å². The number of halogens is 2. The highest BCUT2D eigenvalue weighted by molar-refractivity contribution is 7.89. The Balaban J connectivity index is 1.90. The zero-order valence-electron chi connectivity index (χ0n) is 11.2. The molecule has 3 aromatic rings. The van der Waals surface area contributed by atoms with Crippen LogP contribution in [0.25, 0.3) is 5.52 Å². The van der Waals surface area contributed by atoms with E-state index in [0.29, 0.717) is 11.1 Å². The van der Waals surface area contributed by atoms with Gasteiger partial charge >= 0.3 is 0 Å². The lowest BCUT2D eigenvalue weighted by Gasteiger charge is -2.08. The van der Waals surface area contributed by atoms with Crippen LogP contribution < -0.4 is 4.72 Å². The third kappa shape index (κ3) is 2.58. The summed E-state index contributed by atoms with van der Waals surface area (Å²) in [6.45, 7) is -0.121. The van der Waals surface area contributed by atoms with Gasteiger partial charge in [-0.2, -0.15) is 5.10 Å². The van der Waals surface area contributed by atoms with Gasteiger partial charge in [0.15, 0.2) is 4.90 Å². The molecule has 0 aliphatic heterocycles. The van der Waals surface area contributed by atoms with Gasteiger partial charge in [0.05, 0.1) is 11.7 Å². The molecule has 114 valence electrons. The summed E-state index contributed by atoms with van der Waals surface area (Å²) in [5.41, 5.74) is 1.31. The molecule has 2 aromatic heterocycles. The minimum absolute atomic E-state index is 0.121. The van der Waals surface area contributed by atoms with Gasteiger partial charge in [-0.25, -0.2) is 26.4 Å². The normalized spacial score (nSPS) is 11.9. The van der Waals surface area contributed by atoms with Crippen molar-refractivity contribution < 1.29 is 17.2 Å². The van der Waals surface area contributed by atoms with Crippen LogP contribution in [-0.2, 0) is 16.6 Å². The molecule has 0 unspecified atom stereocenters. The highest BCUT2D eigenvalue weighted by Crippen LogP contribution is 2.19. The van der Waals surface area contributed by atoms with Crippen LogP contribution in [0.4, 0.5) is 8.78 Å². The van der Waals surface area contributed by atoms with E-state index in [9.17, 15) is 17.2 Å². The Morgan fingerprint density at radius 1 is 1.09 bits per heavy atom. The average Bonchev–Trinajstić information content (AvgIpc) is 2.88. The predicted octanol–water partition coefficient (Wildman–Crippen LogP) is 2.09. The summed E-state index contributed by atoms with van der Waals surface area (Å²) in [5.74, 6) is -2.26. The number of hydrogen-bond acceptors (Lipinski definition) is 3. The number of sulfonamides is 1. The van der Waals surface area contributed by atoms with Crippen molar-refractivity contribution in [1.29, 1.82) is 0 Å². The number of aromatic nitrogens is 2. The summed E-state index contributed by atoms with van der Waals surface area (Å²) in [5, 5.41) is 4.06. The predicted molar refractivity (Wildman–Crippen MR) is 75.6 cm³/mol. The lowest BCUT2D eigenvalue weighted by molar-refractivity contribution is 0.514. The number of fused-ring (bicyclic) bond motifs is 1. The molecule has 5 nitrogen and oxygen atoms in total. The summed E-state index contributed by atoms with van der Waals surface area (Å²) >= 11 is 0. The van der Waals surface area contributed by atoms with Crippen LogP contribution >= 0.6 is 0 Å². The van der Waals surface area contributed by atoms with E-state index in [4.69, 9.17) is 0 Å². The molecule has 22 heavy (non-hydrogen) atoms. The van der Waals surface area contributed by atoms with Gasteiger partial charge in [-0.1, -0.05) is 12.1 Å². The van der Waals surface area contributed by atoms with Gasteiger partial charge in [-0.05, 0) is 24.3 Å². The first-order valence-electron chi connectivity index (χ1n) is 6.34. The monoisotopic (exact) mass is 323 g/mol. The van der Waals surface area contributed by atoms with Crippen LogP contribution in [0.5, 0.6) is 0 Å². The van der Waals surface area contributed by atoms with Crippen LogP contribution in [0, 0.1) is 11.6 Å². The standard InChI is InChI=1S/C14H11F2N3O2S/c15-11-4-3-5-12(16)14(11)22(20,21)18-9-10-8-17-19-7-2-1-6-13(10)19/h1-8,18H,9H2. The van der Waals surface area contributed by atoms with Crippen LogP contribution in [0.3, 0.4) is 0 Å². The van der Waals surface area contributed by atoms with Crippen LogP contribution in [-0.4, -0.2) is 18.0 Å². The molecule has 0 radical (unpaired) electrons. The first-order valence-corrected chi connectivity index (χ1v) is 7.82. The number of rotatable bonds is 4. The second kappa shape index (κ2) is 5.47. The molecular weight excluding hydrogens is 312 g/mol. The highest BCUT2D eigenvalue weighted by atomic mass is 32.2. The summed E-state index contributed by atoms with van der Waals surface area (Å²) in [4.78, 5) is -0.980. The van der Waals surface area contributed by atoms with Crippen molar-refractivity contribution in [2.24, 2.45) is 0 Å². The first kappa shape index (κ1) is 14.6. The van der Waals surface area contributed by atoms with Crippen LogP contribution in [0.1, 0.15) is 5.56 Å². The summed E-state index contributed by atoms with van der Waals surface area (Å²) in [6.07, 6.45) is 3.21. The maximum absolute atomic E-state index is 13.6. The van der Waals surface area contributed by atoms with Crippen molar-refractivity contribution in [2.75, 3.05) is 0 Å². The molecule has 8 heteroatoms. The van der Waals surface area contributed by atoms with E-state index in [1.54, 1.807) is 28.9 Å². The Kier molecular flexibility index (Phi) is 3.63. The summed E-state index contributed by atoms with van der Waals surface area (Å²) in [6, 6.07) is 8.23. The van der Waals surface area contributed by atoms with E-state index in [1.165, 1.54) is 6.20 Å². The van der Waals surface area contributed by atoms with E-state index >= 15 is 0 Å². The molecule has 0 bridgehead atoms. The van der Waals surface area contributed by atoms with Crippen molar-refractivity contribution in [3.8, 4) is 0 Å². The third-order valence-electron chi connectivity index (χ3n) is 3.15. The van der Waals surface area contributed by atoms with Crippen molar-refractivity contribution in [3.63, 3.8) is 0 Å². The van der Waals surface area contributed by atoms with Gasteiger partial charge < -0.3 is 0 Å². The fraction of sp³-hybridized carbons (Fsp3) is 0.0714. The Hall–Kier alpha value is -2.32. The van der Waals surface area contributed by atoms with Crippen LogP contribution in [0.15, 0.2) is 53.7 Å². The largest absolute Gasteiger partial charge is 0.246 e. The molecule has 0 aliphatic carbocycles. The van der Waals surface area contributed by atoms with Crippen molar-refractivity contribution >= 4 is 15.5 Å². The average molecular weight is 323 g/mol. The topological polar surface area (TPSA) is 63.5 Å². The van der Waals surface area contributed by atoms with E-state index in [1.807, 2.05) is 0 Å². The fourth-order valence-corrected chi connectivity index (χ4v) is 3.25. The van der Waals surface area contributed by atoms with E-state index in [0.717, 1.165) is 18.2 Å². The summed E-state index contributed by atoms with van der Waals surface area (Å²) < 4.78 is 55.1. The van der Waals surface area contributed by atoms with Gasteiger partial charge in [-0.3, -0.25) is 0 Å². The second-order valence-corrected chi connectivity index (χ2v) is 6.28. The van der Waals surface area contributed by atoms with E-state index < -0.39 is 26.6 Å². The molecule has 1 aromatic carbocycles. The van der Waals surface area contributed by atoms with Crippen LogP contribution in [0.2, 0.25) is 0 Å². The van der Waals surface area contributed by atoms with Gasteiger partial charge in [0.1, 0.15) is 11.6 Å². The number of benzene rings is 1. The van der Waals surface area contributed by atoms with Gasteiger partial charge in [0, 0.05) is 18.3 Å². The third-order valence-corrected chi connectivity index (χ3v) is 4.60. The Morgan fingerprint density at radius 2 is 1.82 bits per heavy atom.